The maximum Gasteiger partial charge on any atom is 0.243 e. The number of hydrogen-bond donors (Lipinski definition) is 1. The number of hydrogen-bond acceptors (Lipinski definition) is 5. The number of nitrogens with one attached hydrogen (secondary N) is 1. The van der Waals surface area contributed by atoms with E-state index in [2.05, 4.69) is 14.9 Å². The fourth-order valence-corrected chi connectivity index (χ4v) is 4.14. The van der Waals surface area contributed by atoms with Crippen molar-refractivity contribution in [2.24, 2.45) is 13.0 Å². The van der Waals surface area contributed by atoms with E-state index >= 15 is 0 Å². The second-order valence-electron chi connectivity index (χ2n) is 5.97. The first kappa shape index (κ1) is 17.1. The van der Waals surface area contributed by atoms with Gasteiger partial charge < -0.3 is 4.74 Å². The lowest BCUT2D eigenvalue weighted by Gasteiger charge is -2.32. The minimum Gasteiger partial charge on any atom is -0.372 e. The van der Waals surface area contributed by atoms with Gasteiger partial charge in [0.05, 0.1) is 11.9 Å². The maximum absolute atomic E-state index is 12.4. The van der Waals surface area contributed by atoms with Crippen molar-refractivity contribution in [3.05, 3.63) is 30.4 Å². The summed E-state index contributed by atoms with van der Waals surface area (Å²) in [6.07, 6.45) is 6.30. The molecule has 0 aliphatic carbocycles. The van der Waals surface area contributed by atoms with Crippen LogP contribution in [-0.4, -0.2) is 41.1 Å². The van der Waals surface area contributed by atoms with E-state index in [-0.39, 0.29) is 16.9 Å². The number of nitrogens with zero attached hydrogens (tertiary/aromatic N) is 4. The summed E-state index contributed by atoms with van der Waals surface area (Å²) >= 11 is 0. The first-order chi connectivity index (χ1) is 11.5. The molecule has 3 rings (SSSR count). The average Bonchev–Trinajstić information content (AvgIpc) is 3.22. The molecule has 132 valence electrons. The third-order valence-electron chi connectivity index (χ3n) is 4.31. The molecule has 1 N–H and O–H groups in total. The van der Waals surface area contributed by atoms with Gasteiger partial charge in [0.25, 0.3) is 0 Å². The summed E-state index contributed by atoms with van der Waals surface area (Å²) in [6, 6.07) is 1.95. The van der Waals surface area contributed by atoms with E-state index < -0.39 is 10.0 Å². The third kappa shape index (κ3) is 3.52. The second kappa shape index (κ2) is 7.04. The fraction of sp³-hybridized carbons (Fsp3) is 0.600. The van der Waals surface area contributed by atoms with E-state index in [0.29, 0.717) is 13.2 Å². The molecule has 1 aliphatic rings. The molecule has 1 saturated heterocycles. The van der Waals surface area contributed by atoms with Crippen LogP contribution in [0.3, 0.4) is 0 Å². The zero-order valence-electron chi connectivity index (χ0n) is 13.9. The van der Waals surface area contributed by atoms with Gasteiger partial charge in [0.2, 0.25) is 10.0 Å². The van der Waals surface area contributed by atoms with Crippen molar-refractivity contribution in [2.45, 2.75) is 37.3 Å². The van der Waals surface area contributed by atoms with Crippen molar-refractivity contribution in [3.63, 3.8) is 0 Å². The Hall–Kier alpha value is -1.71. The zero-order valence-corrected chi connectivity index (χ0v) is 14.7. The summed E-state index contributed by atoms with van der Waals surface area (Å²) in [5.41, 5.74) is 1.00. The lowest BCUT2D eigenvalue weighted by molar-refractivity contribution is -0.0311. The van der Waals surface area contributed by atoms with Crippen molar-refractivity contribution in [1.82, 2.24) is 24.3 Å². The molecule has 0 radical (unpaired) electrons. The van der Waals surface area contributed by atoms with E-state index in [9.17, 15) is 8.42 Å². The van der Waals surface area contributed by atoms with Crippen molar-refractivity contribution in [1.29, 1.82) is 0 Å². The lowest BCUT2D eigenvalue weighted by atomic mass is 9.92. The summed E-state index contributed by atoms with van der Waals surface area (Å²) in [6.45, 7) is 3.80. The highest BCUT2D eigenvalue weighted by atomic mass is 32.2. The smallest absolute Gasteiger partial charge is 0.243 e. The van der Waals surface area contributed by atoms with Crippen molar-refractivity contribution >= 4 is 10.0 Å². The number of rotatable bonds is 6. The van der Waals surface area contributed by atoms with Gasteiger partial charge in [-0.25, -0.2) is 13.1 Å². The molecule has 0 saturated carbocycles. The number of ether oxygens (including phenoxy) is 1. The van der Waals surface area contributed by atoms with Gasteiger partial charge in [-0.1, -0.05) is 0 Å². The predicted molar refractivity (Wildman–Crippen MR) is 87.7 cm³/mol. The first-order valence-electron chi connectivity index (χ1n) is 8.13. The Labute approximate surface area is 141 Å². The quantitative estimate of drug-likeness (QED) is 0.839. The standard InChI is InChI=1S/C15H23N5O3S/c1-3-20-14(6-7-16-20)15-12(5-4-8-23-15)9-18-24(21,22)13-10-17-19(2)11-13/h6-7,10-12,15,18H,3-5,8-9H2,1-2H3/t12-,15+/m0/s1. The molecule has 2 aromatic heterocycles. The minimum absolute atomic E-state index is 0.0761. The summed E-state index contributed by atoms with van der Waals surface area (Å²) in [7, 11) is -1.87. The fourth-order valence-electron chi connectivity index (χ4n) is 3.07. The van der Waals surface area contributed by atoms with Crippen molar-refractivity contribution in [3.8, 4) is 0 Å². The molecule has 0 amide bonds. The Kier molecular flexibility index (Phi) is 5.02. The van der Waals surface area contributed by atoms with Crippen molar-refractivity contribution < 1.29 is 13.2 Å². The number of aryl methyl sites for hydroxylation is 2. The predicted octanol–water partition coefficient (Wildman–Crippen LogP) is 1.08. The molecule has 24 heavy (non-hydrogen) atoms. The molecule has 2 atom stereocenters. The molecule has 0 aromatic carbocycles. The van der Waals surface area contributed by atoms with Crippen LogP contribution in [0.4, 0.5) is 0 Å². The molecule has 8 nitrogen and oxygen atoms in total. The Bertz CT molecular complexity index is 783. The van der Waals surface area contributed by atoms with Crippen molar-refractivity contribution in [2.75, 3.05) is 13.2 Å². The number of aromatic nitrogens is 4. The highest BCUT2D eigenvalue weighted by Gasteiger charge is 2.31. The Balaban J connectivity index is 1.73. The van der Waals surface area contributed by atoms with Gasteiger partial charge in [-0.2, -0.15) is 10.2 Å². The molecule has 0 unspecified atom stereocenters. The largest absolute Gasteiger partial charge is 0.372 e. The van der Waals surface area contributed by atoms with Gasteiger partial charge in [-0.15, -0.1) is 0 Å². The average molecular weight is 353 g/mol. The van der Waals surface area contributed by atoms with Crippen LogP contribution in [-0.2, 0) is 28.4 Å². The second-order valence-corrected chi connectivity index (χ2v) is 7.73. The van der Waals surface area contributed by atoms with Gasteiger partial charge in [-0.3, -0.25) is 9.36 Å². The third-order valence-corrected chi connectivity index (χ3v) is 5.69. The summed E-state index contributed by atoms with van der Waals surface area (Å²) < 4.78 is 36.8. The zero-order chi connectivity index (χ0) is 17.2. The van der Waals surface area contributed by atoms with E-state index in [4.69, 9.17) is 4.74 Å². The van der Waals surface area contributed by atoms with E-state index in [1.807, 2.05) is 17.7 Å². The van der Waals surface area contributed by atoms with Crippen LogP contribution in [0.2, 0.25) is 0 Å². The summed E-state index contributed by atoms with van der Waals surface area (Å²) in [5.74, 6) is 0.0761. The monoisotopic (exact) mass is 353 g/mol. The molecule has 0 spiro atoms. The van der Waals surface area contributed by atoms with Crippen LogP contribution in [0.15, 0.2) is 29.6 Å². The normalized spacial score (nSPS) is 21.9. The maximum atomic E-state index is 12.4. The van der Waals surface area contributed by atoms with Gasteiger partial charge in [0, 0.05) is 45.1 Å². The summed E-state index contributed by atoms with van der Waals surface area (Å²) in [5, 5.41) is 8.21. The Morgan fingerprint density at radius 2 is 2.25 bits per heavy atom. The van der Waals surface area contributed by atoms with Crippen LogP contribution < -0.4 is 4.72 Å². The lowest BCUT2D eigenvalue weighted by Crippen LogP contribution is -2.35. The first-order valence-corrected chi connectivity index (χ1v) is 9.61. The number of sulfonamides is 1. The molecule has 9 heteroatoms. The van der Waals surface area contributed by atoms with Crippen LogP contribution in [0.1, 0.15) is 31.6 Å². The Morgan fingerprint density at radius 3 is 2.96 bits per heavy atom. The molecule has 0 bridgehead atoms. The van der Waals surface area contributed by atoms with E-state index in [0.717, 1.165) is 25.1 Å². The molecule has 1 aliphatic heterocycles. The molecule has 1 fully saturated rings. The van der Waals surface area contributed by atoms with Gasteiger partial charge in [0.15, 0.2) is 0 Å². The van der Waals surface area contributed by atoms with E-state index in [1.165, 1.54) is 17.1 Å². The molecule has 3 heterocycles. The summed E-state index contributed by atoms with van der Waals surface area (Å²) in [4.78, 5) is 0.178. The highest BCUT2D eigenvalue weighted by molar-refractivity contribution is 7.89. The van der Waals surface area contributed by atoms with Gasteiger partial charge in [-0.05, 0) is 25.8 Å². The van der Waals surface area contributed by atoms with E-state index in [1.54, 1.807) is 13.2 Å². The Morgan fingerprint density at radius 1 is 1.42 bits per heavy atom. The van der Waals surface area contributed by atoms with Gasteiger partial charge >= 0.3 is 0 Å². The van der Waals surface area contributed by atoms with Gasteiger partial charge in [0.1, 0.15) is 11.0 Å². The van der Waals surface area contributed by atoms with Crippen LogP contribution in [0.5, 0.6) is 0 Å². The molecule has 2 aromatic rings. The molecular weight excluding hydrogens is 330 g/mol. The van der Waals surface area contributed by atoms with Crippen LogP contribution in [0, 0.1) is 5.92 Å². The highest BCUT2D eigenvalue weighted by Crippen LogP contribution is 2.33. The molecular formula is C15H23N5O3S. The minimum atomic E-state index is -3.56. The SMILES string of the molecule is CCn1nccc1[C@@H]1OCCC[C@H]1CNS(=O)(=O)c1cnn(C)c1. The topological polar surface area (TPSA) is 91.0 Å². The van der Waals surface area contributed by atoms with Crippen LogP contribution >= 0.6 is 0 Å². The van der Waals surface area contributed by atoms with Crippen LogP contribution in [0.25, 0.3) is 0 Å².